The van der Waals surface area contributed by atoms with Crippen LogP contribution in [0.4, 0.5) is 4.79 Å². The minimum atomic E-state index is 0.0588. The monoisotopic (exact) mass is 333 g/mol. The molecule has 1 heterocycles. The molecule has 4 nitrogen and oxygen atoms in total. The summed E-state index contributed by atoms with van der Waals surface area (Å²) in [4.78, 5) is 17.8. The van der Waals surface area contributed by atoms with Crippen LogP contribution in [-0.4, -0.2) is 60.9 Å². The molecule has 2 fully saturated rings. The highest BCUT2D eigenvalue weighted by Crippen LogP contribution is 2.31. The van der Waals surface area contributed by atoms with E-state index in [9.17, 15) is 4.79 Å². The van der Waals surface area contributed by atoms with Gasteiger partial charge < -0.3 is 15.1 Å². The Morgan fingerprint density at radius 1 is 1.30 bits per heavy atom. The van der Waals surface area contributed by atoms with Crippen LogP contribution in [0.25, 0.3) is 0 Å². The van der Waals surface area contributed by atoms with Crippen molar-refractivity contribution in [2.45, 2.75) is 30.2 Å². The molecule has 2 amide bonds. The van der Waals surface area contributed by atoms with Gasteiger partial charge in [0.15, 0.2) is 0 Å². The first kappa shape index (κ1) is 16.7. The second-order valence-electron chi connectivity index (χ2n) is 6.65. The molecule has 3 rings (SSSR count). The number of hydrogen-bond donors (Lipinski definition) is 1. The van der Waals surface area contributed by atoms with Crippen molar-refractivity contribution in [3.63, 3.8) is 0 Å². The van der Waals surface area contributed by atoms with Gasteiger partial charge in [0.1, 0.15) is 0 Å². The molecule has 1 N–H and O–H groups in total. The maximum absolute atomic E-state index is 12.2. The number of likely N-dealkylation sites (tertiary alicyclic amines) is 1. The summed E-state index contributed by atoms with van der Waals surface area (Å²) in [5.74, 6) is 1.55. The van der Waals surface area contributed by atoms with E-state index in [1.165, 1.54) is 37.2 Å². The summed E-state index contributed by atoms with van der Waals surface area (Å²) in [6.07, 6.45) is 3.98. The lowest BCUT2D eigenvalue weighted by Gasteiger charge is -2.20. The fourth-order valence-electron chi connectivity index (χ4n) is 3.09. The van der Waals surface area contributed by atoms with Crippen molar-refractivity contribution < 1.29 is 4.79 Å². The Balaban J connectivity index is 1.30. The summed E-state index contributed by atoms with van der Waals surface area (Å²) < 4.78 is 0. The topological polar surface area (TPSA) is 35.6 Å². The number of benzene rings is 1. The molecule has 5 heteroatoms. The summed E-state index contributed by atoms with van der Waals surface area (Å²) in [5, 5.41) is 3.10. The van der Waals surface area contributed by atoms with Gasteiger partial charge in [0, 0.05) is 43.4 Å². The van der Waals surface area contributed by atoms with Crippen molar-refractivity contribution in [2.24, 2.45) is 5.92 Å². The maximum atomic E-state index is 12.2. The lowest BCUT2D eigenvalue weighted by atomic mass is 10.1. The van der Waals surface area contributed by atoms with Gasteiger partial charge in [0.25, 0.3) is 0 Å². The van der Waals surface area contributed by atoms with Crippen molar-refractivity contribution in [1.29, 1.82) is 0 Å². The molecule has 1 aliphatic carbocycles. The van der Waals surface area contributed by atoms with E-state index in [0.29, 0.717) is 5.92 Å². The number of carbonyl (C=O) groups is 1. The van der Waals surface area contributed by atoms with E-state index >= 15 is 0 Å². The average molecular weight is 334 g/mol. The second-order valence-corrected chi connectivity index (χ2v) is 7.82. The first-order valence-corrected chi connectivity index (χ1v) is 9.62. The number of hydrogen-bond acceptors (Lipinski definition) is 3. The number of amides is 2. The average Bonchev–Trinajstić information content (AvgIpc) is 3.32. The fraction of sp³-hybridized carbons (Fsp3) is 0.611. The van der Waals surface area contributed by atoms with Crippen LogP contribution in [0.3, 0.4) is 0 Å². The maximum Gasteiger partial charge on any atom is 0.317 e. The first-order valence-electron chi connectivity index (χ1n) is 8.63. The Kier molecular flexibility index (Phi) is 5.84. The standard InChI is InChI=1S/C18H27N3OS/c1-20(11-12-23-17-5-3-2-4-6-17)18(22)19-13-15-9-10-21(14-15)16-7-8-16/h2-6,15-16H,7-14H2,1H3,(H,19,22)/t15-/m0/s1. The minimum Gasteiger partial charge on any atom is -0.338 e. The van der Waals surface area contributed by atoms with Gasteiger partial charge in [-0.15, -0.1) is 11.8 Å². The van der Waals surface area contributed by atoms with Crippen LogP contribution >= 0.6 is 11.8 Å². The zero-order valence-corrected chi connectivity index (χ0v) is 14.7. The molecule has 0 bridgehead atoms. The Bertz CT molecular complexity index is 506. The highest BCUT2D eigenvalue weighted by molar-refractivity contribution is 7.99. The molecule has 0 radical (unpaired) electrons. The van der Waals surface area contributed by atoms with Gasteiger partial charge in [-0.25, -0.2) is 4.79 Å². The molecule has 1 aliphatic heterocycles. The normalized spacial score (nSPS) is 21.3. The van der Waals surface area contributed by atoms with Crippen molar-refractivity contribution in [2.75, 3.05) is 39.0 Å². The zero-order valence-electron chi connectivity index (χ0n) is 13.9. The predicted molar refractivity (Wildman–Crippen MR) is 95.9 cm³/mol. The largest absolute Gasteiger partial charge is 0.338 e. The Hall–Kier alpha value is -1.20. The van der Waals surface area contributed by atoms with Crippen LogP contribution in [0, 0.1) is 5.92 Å². The number of rotatable bonds is 7. The third-order valence-corrected chi connectivity index (χ3v) is 5.70. The Morgan fingerprint density at radius 2 is 2.09 bits per heavy atom. The van der Waals surface area contributed by atoms with Gasteiger partial charge in [-0.2, -0.15) is 0 Å². The molecule has 1 atom stereocenters. The van der Waals surface area contributed by atoms with E-state index < -0.39 is 0 Å². The zero-order chi connectivity index (χ0) is 16.1. The van der Waals surface area contributed by atoms with Gasteiger partial charge >= 0.3 is 6.03 Å². The predicted octanol–water partition coefficient (Wildman–Crippen LogP) is 2.90. The van der Waals surface area contributed by atoms with Crippen LogP contribution < -0.4 is 5.32 Å². The minimum absolute atomic E-state index is 0.0588. The van der Waals surface area contributed by atoms with Gasteiger partial charge in [-0.05, 0) is 43.9 Å². The summed E-state index contributed by atoms with van der Waals surface area (Å²) in [7, 11) is 1.88. The molecule has 1 saturated heterocycles. The van der Waals surface area contributed by atoms with Crippen LogP contribution in [-0.2, 0) is 0 Å². The van der Waals surface area contributed by atoms with E-state index in [2.05, 4.69) is 22.3 Å². The van der Waals surface area contributed by atoms with E-state index in [1.807, 2.05) is 25.2 Å². The van der Waals surface area contributed by atoms with Crippen molar-refractivity contribution in [3.8, 4) is 0 Å². The smallest absolute Gasteiger partial charge is 0.317 e. The molecule has 1 aromatic carbocycles. The molecule has 0 aromatic heterocycles. The van der Waals surface area contributed by atoms with Crippen molar-refractivity contribution in [1.82, 2.24) is 15.1 Å². The highest BCUT2D eigenvalue weighted by Gasteiger charge is 2.34. The second kappa shape index (κ2) is 8.06. The molecule has 126 valence electrons. The summed E-state index contributed by atoms with van der Waals surface area (Å²) in [6.45, 7) is 3.97. The molecule has 23 heavy (non-hydrogen) atoms. The third-order valence-electron chi connectivity index (χ3n) is 4.71. The first-order chi connectivity index (χ1) is 11.2. The lowest BCUT2D eigenvalue weighted by molar-refractivity contribution is 0.209. The molecule has 1 saturated carbocycles. The van der Waals surface area contributed by atoms with E-state index in [-0.39, 0.29) is 6.03 Å². The van der Waals surface area contributed by atoms with Crippen LogP contribution in [0.15, 0.2) is 35.2 Å². The quantitative estimate of drug-likeness (QED) is 0.779. The SMILES string of the molecule is CN(CCSc1ccccc1)C(=O)NC[C@@H]1CCN(C2CC2)C1. The third kappa shape index (κ3) is 5.15. The Morgan fingerprint density at radius 3 is 2.83 bits per heavy atom. The summed E-state index contributed by atoms with van der Waals surface area (Å²) in [6, 6.07) is 11.2. The number of urea groups is 1. The molecule has 1 aromatic rings. The van der Waals surface area contributed by atoms with Crippen LogP contribution in [0.2, 0.25) is 0 Å². The molecule has 2 aliphatic rings. The number of carbonyl (C=O) groups excluding carboxylic acids is 1. The van der Waals surface area contributed by atoms with Gasteiger partial charge in [-0.3, -0.25) is 0 Å². The summed E-state index contributed by atoms with van der Waals surface area (Å²) in [5.41, 5.74) is 0. The van der Waals surface area contributed by atoms with Crippen molar-refractivity contribution in [3.05, 3.63) is 30.3 Å². The summed E-state index contributed by atoms with van der Waals surface area (Å²) >= 11 is 1.79. The molecule has 0 spiro atoms. The molecule has 0 unspecified atom stereocenters. The van der Waals surface area contributed by atoms with Gasteiger partial charge in [0.2, 0.25) is 0 Å². The number of nitrogens with zero attached hydrogens (tertiary/aromatic N) is 2. The fourth-order valence-corrected chi connectivity index (χ4v) is 4.04. The Labute approximate surface area is 143 Å². The van der Waals surface area contributed by atoms with Gasteiger partial charge in [0.05, 0.1) is 0 Å². The lowest BCUT2D eigenvalue weighted by Crippen LogP contribution is -2.41. The molecular formula is C18H27N3OS. The van der Waals surface area contributed by atoms with Crippen molar-refractivity contribution >= 4 is 17.8 Å². The van der Waals surface area contributed by atoms with E-state index in [4.69, 9.17) is 0 Å². The molecular weight excluding hydrogens is 306 g/mol. The van der Waals surface area contributed by atoms with Crippen LogP contribution in [0.5, 0.6) is 0 Å². The van der Waals surface area contributed by atoms with E-state index in [0.717, 1.165) is 24.9 Å². The van der Waals surface area contributed by atoms with Gasteiger partial charge in [-0.1, -0.05) is 18.2 Å². The number of nitrogens with one attached hydrogen (secondary N) is 1. The van der Waals surface area contributed by atoms with Crippen LogP contribution in [0.1, 0.15) is 19.3 Å². The number of thioether (sulfide) groups is 1. The highest BCUT2D eigenvalue weighted by atomic mass is 32.2. The van der Waals surface area contributed by atoms with E-state index in [1.54, 1.807) is 16.7 Å².